The Morgan fingerprint density at radius 2 is 1.79 bits per heavy atom. The first kappa shape index (κ1) is 28.1. The summed E-state index contributed by atoms with van der Waals surface area (Å²) in [5, 5.41) is 2.94. The molecular weight excluding hydrogens is 512 g/mol. The largest absolute Gasteiger partial charge is 0.497 e. The number of anilines is 1. The summed E-state index contributed by atoms with van der Waals surface area (Å²) in [5.41, 5.74) is 4.36. The highest BCUT2D eigenvalue weighted by Gasteiger charge is 2.19. The number of halogens is 3. The van der Waals surface area contributed by atoms with Gasteiger partial charge in [0.05, 0.1) is 19.1 Å². The summed E-state index contributed by atoms with van der Waals surface area (Å²) >= 11 is 6.19. The molecule has 5 nitrogen and oxygen atoms in total. The number of esters is 1. The number of allylic oxidation sites excluding steroid dienone is 3. The molecule has 1 N–H and O–H groups in total. The third-order valence-corrected chi connectivity index (χ3v) is 5.73. The fraction of sp³-hybridized carbons (Fsp3) is 0.100. The molecule has 0 saturated carbocycles. The molecule has 3 aromatic rings. The summed E-state index contributed by atoms with van der Waals surface area (Å²) in [6.45, 7) is 9.05. The maximum atomic E-state index is 14.5. The van der Waals surface area contributed by atoms with Crippen molar-refractivity contribution in [3.05, 3.63) is 119 Å². The normalized spacial score (nSPS) is 10.8. The van der Waals surface area contributed by atoms with E-state index in [9.17, 15) is 18.4 Å². The lowest BCUT2D eigenvalue weighted by molar-refractivity contribution is -0.133. The molecule has 0 heterocycles. The van der Waals surface area contributed by atoms with Crippen molar-refractivity contribution >= 4 is 29.2 Å². The second kappa shape index (κ2) is 12.7. The molecule has 0 bridgehead atoms. The average Bonchev–Trinajstić information content (AvgIpc) is 2.89. The molecule has 0 unspecified atom stereocenters. The van der Waals surface area contributed by atoms with Crippen LogP contribution in [0.2, 0.25) is 0 Å². The van der Waals surface area contributed by atoms with Gasteiger partial charge in [-0.2, -0.15) is 0 Å². The van der Waals surface area contributed by atoms with Crippen LogP contribution >= 0.6 is 11.6 Å². The van der Waals surface area contributed by atoms with Gasteiger partial charge in [-0.25, -0.2) is 8.78 Å². The first-order chi connectivity index (χ1) is 18.1. The summed E-state index contributed by atoms with van der Waals surface area (Å²) in [7, 11) is 1.52. The maximum absolute atomic E-state index is 14.5. The maximum Gasteiger partial charge on any atom is 0.315 e. The Bertz CT molecular complexity index is 1470. The number of hydrogen-bond donors (Lipinski definition) is 1. The van der Waals surface area contributed by atoms with Crippen LogP contribution in [0.25, 0.3) is 11.1 Å². The van der Waals surface area contributed by atoms with Gasteiger partial charge in [0.2, 0.25) is 0 Å². The average molecular weight is 536 g/mol. The molecular formula is C30H24ClF2NO4. The fourth-order valence-electron chi connectivity index (χ4n) is 3.32. The standard InChI is InChI=1S/C30H24ClF2NO4/c1-5-18(2)14-26(31)19(3)15-29(35)38-28-13-6-20(24-12-7-21(32)17-27(24)33)16-25(28)30(36)34-22-8-10-23(37-4)11-9-22/h6-14,16-17H,1,3,15H2,2,4H3,(H,34,36)/b26-14+. The van der Waals surface area contributed by atoms with Gasteiger partial charge < -0.3 is 14.8 Å². The van der Waals surface area contributed by atoms with Gasteiger partial charge >= 0.3 is 5.97 Å². The minimum atomic E-state index is -0.808. The van der Waals surface area contributed by atoms with Crippen molar-refractivity contribution in [2.45, 2.75) is 13.3 Å². The number of amides is 1. The van der Waals surface area contributed by atoms with E-state index in [0.29, 0.717) is 22.6 Å². The highest BCUT2D eigenvalue weighted by Crippen LogP contribution is 2.31. The van der Waals surface area contributed by atoms with Crippen LogP contribution in [-0.4, -0.2) is 19.0 Å². The zero-order chi connectivity index (χ0) is 27.8. The first-order valence-corrected chi connectivity index (χ1v) is 11.7. The van der Waals surface area contributed by atoms with Gasteiger partial charge in [0.15, 0.2) is 0 Å². The number of methoxy groups -OCH3 is 1. The predicted molar refractivity (Wildman–Crippen MR) is 144 cm³/mol. The summed E-state index contributed by atoms with van der Waals surface area (Å²) in [6, 6.07) is 13.9. The molecule has 0 aromatic heterocycles. The van der Waals surface area contributed by atoms with Crippen molar-refractivity contribution in [1.29, 1.82) is 0 Å². The van der Waals surface area contributed by atoms with Gasteiger partial charge in [-0.05, 0) is 78.2 Å². The van der Waals surface area contributed by atoms with Crippen LogP contribution < -0.4 is 14.8 Å². The van der Waals surface area contributed by atoms with Gasteiger partial charge in [0.25, 0.3) is 5.91 Å². The lowest BCUT2D eigenvalue weighted by Crippen LogP contribution is -2.16. The van der Waals surface area contributed by atoms with Crippen molar-refractivity contribution in [1.82, 2.24) is 0 Å². The van der Waals surface area contributed by atoms with Crippen LogP contribution in [0.15, 0.2) is 102 Å². The topological polar surface area (TPSA) is 64.6 Å². The number of nitrogens with one attached hydrogen (secondary N) is 1. The second-order valence-electron chi connectivity index (χ2n) is 8.12. The molecule has 3 rings (SSSR count). The van der Waals surface area contributed by atoms with E-state index >= 15 is 0 Å². The predicted octanol–water partition coefficient (Wildman–Crippen LogP) is 7.60. The highest BCUT2D eigenvalue weighted by atomic mass is 35.5. The number of ether oxygens (including phenoxy) is 2. The molecule has 194 valence electrons. The SMILES string of the molecule is C=C=C(C)/C=C(/Cl)C(=C)CC(=O)Oc1ccc(-c2ccc(F)cc2F)cc1C(=O)Nc1ccc(OC)cc1. The van der Waals surface area contributed by atoms with E-state index < -0.39 is 23.5 Å². The fourth-order valence-corrected chi connectivity index (χ4v) is 3.55. The Labute approximate surface area is 224 Å². The molecule has 0 saturated heterocycles. The summed E-state index contributed by atoms with van der Waals surface area (Å²) in [6.07, 6.45) is 1.30. The quantitative estimate of drug-likeness (QED) is 0.133. The second-order valence-corrected chi connectivity index (χ2v) is 8.53. The van der Waals surface area contributed by atoms with E-state index in [1.807, 2.05) is 0 Å². The molecule has 3 aromatic carbocycles. The summed E-state index contributed by atoms with van der Waals surface area (Å²) in [4.78, 5) is 25.9. The van der Waals surface area contributed by atoms with E-state index in [-0.39, 0.29) is 33.9 Å². The van der Waals surface area contributed by atoms with E-state index in [1.165, 1.54) is 31.4 Å². The Hall–Kier alpha value is -4.45. The summed E-state index contributed by atoms with van der Waals surface area (Å²) < 4.78 is 38.5. The molecule has 0 radical (unpaired) electrons. The van der Waals surface area contributed by atoms with Gasteiger partial charge in [-0.15, -0.1) is 5.73 Å². The van der Waals surface area contributed by atoms with Gasteiger partial charge in [0, 0.05) is 22.3 Å². The minimum Gasteiger partial charge on any atom is -0.497 e. The van der Waals surface area contributed by atoms with Crippen LogP contribution in [0.1, 0.15) is 23.7 Å². The molecule has 0 fully saturated rings. The van der Waals surface area contributed by atoms with E-state index in [0.717, 1.165) is 12.1 Å². The minimum absolute atomic E-state index is 0.0481. The monoisotopic (exact) mass is 535 g/mol. The number of carbonyl (C=O) groups is 2. The van der Waals surface area contributed by atoms with Crippen LogP contribution in [0.5, 0.6) is 11.5 Å². The van der Waals surface area contributed by atoms with Crippen molar-refractivity contribution in [3.8, 4) is 22.6 Å². The Morgan fingerprint density at radius 1 is 1.08 bits per heavy atom. The number of carbonyl (C=O) groups excluding carboxylic acids is 2. The van der Waals surface area contributed by atoms with Crippen LogP contribution in [0.4, 0.5) is 14.5 Å². The third-order valence-electron chi connectivity index (χ3n) is 5.36. The Kier molecular flexibility index (Phi) is 9.39. The zero-order valence-electron chi connectivity index (χ0n) is 20.7. The molecule has 0 aliphatic heterocycles. The summed E-state index contributed by atoms with van der Waals surface area (Å²) in [5.74, 6) is -2.36. The first-order valence-electron chi connectivity index (χ1n) is 11.3. The van der Waals surface area contributed by atoms with Crippen LogP contribution in [0.3, 0.4) is 0 Å². The number of hydrogen-bond acceptors (Lipinski definition) is 4. The number of benzene rings is 3. The highest BCUT2D eigenvalue weighted by molar-refractivity contribution is 6.32. The molecule has 0 aliphatic rings. The van der Waals surface area contributed by atoms with Crippen molar-refractivity contribution < 1.29 is 27.8 Å². The van der Waals surface area contributed by atoms with E-state index in [4.69, 9.17) is 21.1 Å². The van der Waals surface area contributed by atoms with Crippen molar-refractivity contribution in [2.75, 3.05) is 12.4 Å². The van der Waals surface area contributed by atoms with Gasteiger partial charge in [-0.3, -0.25) is 9.59 Å². The Morgan fingerprint density at radius 3 is 2.42 bits per heavy atom. The molecule has 8 heteroatoms. The lowest BCUT2D eigenvalue weighted by Gasteiger charge is -2.14. The molecule has 38 heavy (non-hydrogen) atoms. The molecule has 0 atom stereocenters. The van der Waals surface area contributed by atoms with Crippen LogP contribution in [0, 0.1) is 11.6 Å². The van der Waals surface area contributed by atoms with Crippen molar-refractivity contribution in [3.63, 3.8) is 0 Å². The molecule has 1 amide bonds. The lowest BCUT2D eigenvalue weighted by atomic mass is 10.0. The van der Waals surface area contributed by atoms with Gasteiger partial charge in [-0.1, -0.05) is 30.8 Å². The zero-order valence-corrected chi connectivity index (χ0v) is 21.5. The Balaban J connectivity index is 1.93. The molecule has 0 spiro atoms. The van der Waals surface area contributed by atoms with Gasteiger partial charge in [0.1, 0.15) is 23.1 Å². The smallest absolute Gasteiger partial charge is 0.315 e. The third kappa shape index (κ3) is 7.29. The number of rotatable bonds is 9. The van der Waals surface area contributed by atoms with E-state index in [1.54, 1.807) is 37.3 Å². The molecule has 0 aliphatic carbocycles. The van der Waals surface area contributed by atoms with E-state index in [2.05, 4.69) is 24.2 Å². The van der Waals surface area contributed by atoms with Crippen LogP contribution in [-0.2, 0) is 4.79 Å². The van der Waals surface area contributed by atoms with Crippen molar-refractivity contribution in [2.24, 2.45) is 0 Å².